The van der Waals surface area contributed by atoms with Gasteiger partial charge >= 0.3 is 0 Å². The van der Waals surface area contributed by atoms with Gasteiger partial charge in [-0.1, -0.05) is 29.3 Å². The van der Waals surface area contributed by atoms with Gasteiger partial charge in [-0.15, -0.1) is 10.2 Å². The van der Waals surface area contributed by atoms with Gasteiger partial charge in [-0.3, -0.25) is 0 Å². The van der Waals surface area contributed by atoms with Gasteiger partial charge in [0, 0.05) is 22.1 Å². The first kappa shape index (κ1) is 18.4. The van der Waals surface area contributed by atoms with E-state index >= 15 is 0 Å². The van der Waals surface area contributed by atoms with Crippen molar-refractivity contribution in [2.75, 3.05) is 16.0 Å². The summed E-state index contributed by atoms with van der Waals surface area (Å²) in [7, 11) is 0. The molecule has 5 nitrogen and oxygen atoms in total. The van der Waals surface area contributed by atoms with Crippen LogP contribution in [0, 0.1) is 6.92 Å². The summed E-state index contributed by atoms with van der Waals surface area (Å²) in [5.74, 6) is 0.614. The molecular formula is C18H15Cl2N5S. The number of benzene rings is 2. The van der Waals surface area contributed by atoms with Gasteiger partial charge in [0.1, 0.15) is 0 Å². The van der Waals surface area contributed by atoms with Crippen LogP contribution in [0.15, 0.2) is 54.6 Å². The third-order valence-electron chi connectivity index (χ3n) is 3.48. The highest BCUT2D eigenvalue weighted by atomic mass is 35.5. The number of anilines is 4. The first-order chi connectivity index (χ1) is 12.5. The van der Waals surface area contributed by atoms with Crippen LogP contribution in [0.25, 0.3) is 0 Å². The van der Waals surface area contributed by atoms with E-state index in [1.807, 2.05) is 49.4 Å². The van der Waals surface area contributed by atoms with E-state index in [-0.39, 0.29) is 0 Å². The zero-order valence-corrected chi connectivity index (χ0v) is 16.1. The molecule has 0 saturated carbocycles. The standard InChI is InChI=1S/C18H15Cl2N5S/c1-11-2-3-14(10-15(11)19)23-18(26)22-13-6-4-12(5-7-13)21-17-9-8-16(20)24-25-17/h2-10H,1H3,(H,21,25)(H2,22,23,26). The molecule has 0 unspecified atom stereocenters. The number of aromatic nitrogens is 2. The lowest BCUT2D eigenvalue weighted by molar-refractivity contribution is 1.04. The molecule has 0 spiro atoms. The van der Waals surface area contributed by atoms with Gasteiger partial charge in [-0.25, -0.2) is 0 Å². The Labute approximate surface area is 166 Å². The quantitative estimate of drug-likeness (QED) is 0.489. The zero-order chi connectivity index (χ0) is 18.5. The average Bonchev–Trinajstić information content (AvgIpc) is 2.62. The molecule has 2 aromatic carbocycles. The number of nitrogens with one attached hydrogen (secondary N) is 3. The average molecular weight is 404 g/mol. The second kappa shape index (κ2) is 8.31. The molecule has 3 rings (SSSR count). The predicted octanol–water partition coefficient (Wildman–Crippen LogP) is 5.64. The van der Waals surface area contributed by atoms with Crippen LogP contribution in [0.5, 0.6) is 0 Å². The molecule has 0 aliphatic carbocycles. The van der Waals surface area contributed by atoms with E-state index in [1.165, 1.54) is 0 Å². The Hall–Kier alpha value is -2.41. The van der Waals surface area contributed by atoms with Gasteiger partial charge in [0.25, 0.3) is 0 Å². The molecule has 3 N–H and O–H groups in total. The lowest BCUT2D eigenvalue weighted by atomic mass is 10.2. The van der Waals surface area contributed by atoms with Crippen molar-refractivity contribution in [1.82, 2.24) is 10.2 Å². The Morgan fingerprint density at radius 2 is 1.50 bits per heavy atom. The van der Waals surface area contributed by atoms with Crippen molar-refractivity contribution in [3.05, 3.63) is 70.3 Å². The van der Waals surface area contributed by atoms with E-state index in [4.69, 9.17) is 35.4 Å². The maximum absolute atomic E-state index is 6.12. The maximum atomic E-state index is 6.12. The summed E-state index contributed by atoms with van der Waals surface area (Å²) in [4.78, 5) is 0. The number of rotatable bonds is 4. The largest absolute Gasteiger partial charge is 0.339 e. The van der Waals surface area contributed by atoms with Crippen molar-refractivity contribution in [2.45, 2.75) is 6.92 Å². The van der Waals surface area contributed by atoms with Crippen molar-refractivity contribution in [3.8, 4) is 0 Å². The molecule has 0 saturated heterocycles. The molecule has 0 aliphatic heterocycles. The van der Waals surface area contributed by atoms with Crippen LogP contribution in [0.1, 0.15) is 5.56 Å². The summed E-state index contributed by atoms with van der Waals surface area (Å²) < 4.78 is 0. The smallest absolute Gasteiger partial charge is 0.175 e. The predicted molar refractivity (Wildman–Crippen MR) is 113 cm³/mol. The summed E-state index contributed by atoms with van der Waals surface area (Å²) in [6, 6.07) is 16.8. The summed E-state index contributed by atoms with van der Waals surface area (Å²) in [5, 5.41) is 18.6. The van der Waals surface area contributed by atoms with Crippen molar-refractivity contribution in [1.29, 1.82) is 0 Å². The van der Waals surface area contributed by atoms with Crippen LogP contribution in [0.2, 0.25) is 10.2 Å². The lowest BCUT2D eigenvalue weighted by Crippen LogP contribution is -2.19. The summed E-state index contributed by atoms with van der Waals surface area (Å²) in [5.41, 5.74) is 3.58. The van der Waals surface area contributed by atoms with Crippen molar-refractivity contribution in [3.63, 3.8) is 0 Å². The number of hydrogen-bond donors (Lipinski definition) is 3. The van der Waals surface area contributed by atoms with Crippen LogP contribution in [-0.4, -0.2) is 15.3 Å². The summed E-state index contributed by atoms with van der Waals surface area (Å²) in [6.45, 7) is 1.95. The second-order valence-corrected chi connectivity index (χ2v) is 6.69. The van der Waals surface area contributed by atoms with Gasteiger partial charge < -0.3 is 16.0 Å². The lowest BCUT2D eigenvalue weighted by Gasteiger charge is -2.12. The van der Waals surface area contributed by atoms with Gasteiger partial charge in [0.05, 0.1) is 0 Å². The molecule has 1 aromatic heterocycles. The number of hydrogen-bond acceptors (Lipinski definition) is 4. The molecule has 8 heteroatoms. The molecule has 0 aliphatic rings. The fourth-order valence-electron chi connectivity index (χ4n) is 2.13. The molecule has 1 heterocycles. The van der Waals surface area contributed by atoms with E-state index in [0.717, 1.165) is 22.6 Å². The number of thiocarbonyl (C=S) groups is 1. The van der Waals surface area contributed by atoms with Crippen LogP contribution in [0.3, 0.4) is 0 Å². The first-order valence-electron chi connectivity index (χ1n) is 7.70. The van der Waals surface area contributed by atoms with Crippen LogP contribution in [-0.2, 0) is 0 Å². The summed E-state index contributed by atoms with van der Waals surface area (Å²) >= 11 is 17.2. The molecule has 0 amide bonds. The fraction of sp³-hybridized carbons (Fsp3) is 0.0556. The van der Waals surface area contributed by atoms with Crippen molar-refractivity contribution >= 4 is 63.4 Å². The minimum absolute atomic E-state index is 0.353. The Kier molecular flexibility index (Phi) is 5.88. The van der Waals surface area contributed by atoms with E-state index in [2.05, 4.69) is 26.1 Å². The van der Waals surface area contributed by atoms with E-state index < -0.39 is 0 Å². The number of nitrogens with zero attached hydrogens (tertiary/aromatic N) is 2. The highest BCUT2D eigenvalue weighted by Crippen LogP contribution is 2.21. The highest BCUT2D eigenvalue weighted by Gasteiger charge is 2.02. The van der Waals surface area contributed by atoms with Crippen LogP contribution in [0.4, 0.5) is 22.9 Å². The topological polar surface area (TPSA) is 61.9 Å². The van der Waals surface area contributed by atoms with Gasteiger partial charge in [0.2, 0.25) is 0 Å². The molecular weight excluding hydrogens is 389 g/mol. The van der Waals surface area contributed by atoms with E-state index in [9.17, 15) is 0 Å². The monoisotopic (exact) mass is 403 g/mol. The zero-order valence-electron chi connectivity index (χ0n) is 13.8. The Morgan fingerprint density at radius 3 is 2.15 bits per heavy atom. The highest BCUT2D eigenvalue weighted by molar-refractivity contribution is 7.80. The number of aryl methyl sites for hydroxylation is 1. The van der Waals surface area contributed by atoms with Gasteiger partial charge in [-0.05, 0) is 73.2 Å². The second-order valence-electron chi connectivity index (χ2n) is 5.49. The van der Waals surface area contributed by atoms with Crippen LogP contribution >= 0.6 is 35.4 Å². The van der Waals surface area contributed by atoms with Crippen molar-refractivity contribution in [2.24, 2.45) is 0 Å². The Bertz CT molecular complexity index is 914. The molecule has 26 heavy (non-hydrogen) atoms. The summed E-state index contributed by atoms with van der Waals surface area (Å²) in [6.07, 6.45) is 0. The van der Waals surface area contributed by atoms with Gasteiger partial charge in [-0.2, -0.15) is 0 Å². The third kappa shape index (κ3) is 5.05. The first-order valence-corrected chi connectivity index (χ1v) is 8.86. The Morgan fingerprint density at radius 1 is 0.846 bits per heavy atom. The van der Waals surface area contributed by atoms with E-state index in [0.29, 0.717) is 21.1 Å². The molecule has 0 radical (unpaired) electrons. The molecule has 3 aromatic rings. The minimum atomic E-state index is 0.353. The van der Waals surface area contributed by atoms with Gasteiger partial charge in [0.15, 0.2) is 16.1 Å². The van der Waals surface area contributed by atoms with Crippen LogP contribution < -0.4 is 16.0 Å². The Balaban J connectivity index is 1.58. The number of halogens is 2. The fourth-order valence-corrected chi connectivity index (χ4v) is 2.65. The molecule has 0 fully saturated rings. The van der Waals surface area contributed by atoms with Crippen molar-refractivity contribution < 1.29 is 0 Å². The molecule has 132 valence electrons. The normalized spacial score (nSPS) is 10.3. The SMILES string of the molecule is Cc1ccc(NC(=S)Nc2ccc(Nc3ccc(Cl)nn3)cc2)cc1Cl. The van der Waals surface area contributed by atoms with E-state index in [1.54, 1.807) is 12.1 Å². The third-order valence-corrected chi connectivity index (χ3v) is 4.29. The minimum Gasteiger partial charge on any atom is -0.339 e. The molecule has 0 bridgehead atoms. The molecule has 0 atom stereocenters. The maximum Gasteiger partial charge on any atom is 0.175 e.